The molecular formula is C31H36N6O6S. The molecule has 0 aromatic heterocycles. The Morgan fingerprint density at radius 2 is 1.80 bits per heavy atom. The first-order valence-electron chi connectivity index (χ1n) is 14.0. The maximum Gasteiger partial charge on any atom is 0.270 e. The summed E-state index contributed by atoms with van der Waals surface area (Å²) in [6, 6.07) is 16.4. The van der Waals surface area contributed by atoms with Crippen LogP contribution in [0.1, 0.15) is 42.9 Å². The number of nitriles is 1. The van der Waals surface area contributed by atoms with Gasteiger partial charge in [-0.3, -0.25) is 14.9 Å². The number of sulfone groups is 1. The Kier molecular flexibility index (Phi) is 11.7. The van der Waals surface area contributed by atoms with Crippen LogP contribution in [0.5, 0.6) is 0 Å². The largest absolute Gasteiger partial charge is 0.381 e. The molecule has 0 aliphatic rings. The number of amides is 1. The molecule has 0 spiro atoms. The molecule has 3 rings (SSSR count). The monoisotopic (exact) mass is 620 g/mol. The fourth-order valence-corrected chi connectivity index (χ4v) is 5.47. The van der Waals surface area contributed by atoms with Crippen molar-refractivity contribution in [2.24, 2.45) is 10.2 Å². The summed E-state index contributed by atoms with van der Waals surface area (Å²) in [5, 5.41) is 31.7. The van der Waals surface area contributed by atoms with Crippen molar-refractivity contribution in [1.82, 2.24) is 0 Å². The minimum Gasteiger partial charge on any atom is -0.381 e. The number of hydrogen-bond donors (Lipinski definition) is 1. The number of rotatable bonds is 14. The molecule has 0 saturated carbocycles. The van der Waals surface area contributed by atoms with Gasteiger partial charge < -0.3 is 15.0 Å². The first kappa shape index (κ1) is 33.8. The van der Waals surface area contributed by atoms with Gasteiger partial charge in [0.15, 0.2) is 9.84 Å². The van der Waals surface area contributed by atoms with E-state index >= 15 is 0 Å². The Balaban J connectivity index is 2.11. The number of azo groups is 1. The average molecular weight is 621 g/mol. The zero-order valence-electron chi connectivity index (χ0n) is 25.4. The molecule has 1 unspecified atom stereocenters. The number of nitro benzene ring substituents is 1. The predicted octanol–water partition coefficient (Wildman–Crippen LogP) is 6.53. The van der Waals surface area contributed by atoms with Crippen LogP contribution in [-0.4, -0.2) is 51.8 Å². The van der Waals surface area contributed by atoms with E-state index in [0.29, 0.717) is 31.8 Å². The van der Waals surface area contributed by atoms with Gasteiger partial charge in [-0.05, 0) is 63.1 Å². The van der Waals surface area contributed by atoms with Gasteiger partial charge in [0.25, 0.3) is 5.69 Å². The third kappa shape index (κ3) is 8.68. The van der Waals surface area contributed by atoms with E-state index in [-0.39, 0.29) is 28.8 Å². The molecule has 3 aromatic rings. The summed E-state index contributed by atoms with van der Waals surface area (Å²) < 4.78 is 30.5. The molecule has 0 fully saturated rings. The molecule has 232 valence electrons. The van der Waals surface area contributed by atoms with Crippen LogP contribution in [0.15, 0.2) is 69.7 Å². The number of carbonyl (C=O) groups is 1. The van der Waals surface area contributed by atoms with E-state index < -0.39 is 26.4 Å². The summed E-state index contributed by atoms with van der Waals surface area (Å²) in [4.78, 5) is 26.0. The van der Waals surface area contributed by atoms with Crippen molar-refractivity contribution in [1.29, 1.82) is 5.26 Å². The highest BCUT2D eigenvalue weighted by atomic mass is 32.2. The van der Waals surface area contributed by atoms with Crippen LogP contribution in [0.4, 0.5) is 28.4 Å². The Labute approximate surface area is 257 Å². The number of nitro groups is 1. The molecule has 13 heteroatoms. The second kappa shape index (κ2) is 15.2. The van der Waals surface area contributed by atoms with Gasteiger partial charge in [-0.1, -0.05) is 23.8 Å². The maximum absolute atomic E-state index is 13.8. The first-order chi connectivity index (χ1) is 20.9. The lowest BCUT2D eigenvalue weighted by Crippen LogP contribution is -2.27. The third-order valence-corrected chi connectivity index (χ3v) is 8.03. The lowest BCUT2D eigenvalue weighted by Gasteiger charge is -2.24. The predicted molar refractivity (Wildman–Crippen MR) is 169 cm³/mol. The Bertz CT molecular complexity index is 1700. The normalized spacial score (nSPS) is 12.1. The number of anilines is 2. The minimum atomic E-state index is -3.89. The Hall–Kier alpha value is -4.67. The lowest BCUT2D eigenvalue weighted by molar-refractivity contribution is -0.385. The van der Waals surface area contributed by atoms with Crippen LogP contribution in [0, 0.1) is 35.3 Å². The first-order valence-corrected chi connectivity index (χ1v) is 15.9. The fourth-order valence-electron chi connectivity index (χ4n) is 4.65. The highest BCUT2D eigenvalue weighted by molar-refractivity contribution is 7.90. The Morgan fingerprint density at radius 1 is 1.09 bits per heavy atom. The number of nitrogens with zero attached hydrogens (tertiary/aromatic N) is 5. The number of ether oxygens (including phenoxy) is 1. The van der Waals surface area contributed by atoms with Gasteiger partial charge in [0.1, 0.15) is 16.3 Å². The molecule has 3 aromatic carbocycles. The molecule has 0 aliphatic heterocycles. The van der Waals surface area contributed by atoms with Crippen molar-refractivity contribution in [3.63, 3.8) is 0 Å². The van der Waals surface area contributed by atoms with Gasteiger partial charge in [-0.25, -0.2) is 8.42 Å². The van der Waals surface area contributed by atoms with Gasteiger partial charge in [0, 0.05) is 43.8 Å². The Morgan fingerprint density at radius 3 is 2.41 bits per heavy atom. The van der Waals surface area contributed by atoms with E-state index in [9.17, 15) is 23.3 Å². The van der Waals surface area contributed by atoms with Gasteiger partial charge in [0.05, 0.1) is 35.6 Å². The smallest absolute Gasteiger partial charge is 0.270 e. The number of carbonyl (C=O) groups excluding carboxylic acids is 1. The van der Waals surface area contributed by atoms with Gasteiger partial charge in [0.2, 0.25) is 5.91 Å². The SMILES string of the molecule is CCOCC(C(=O)Nc1cc(N(CC)CCC#N)ccc1N=Nc1ccc([N+](=O)[O-])cc1S(C)(=O)=O)c1ccc(C)cc1C. The van der Waals surface area contributed by atoms with Crippen LogP contribution in [0.3, 0.4) is 0 Å². The summed E-state index contributed by atoms with van der Waals surface area (Å²) in [5.41, 5.74) is 3.60. The highest BCUT2D eigenvalue weighted by Gasteiger charge is 2.24. The highest BCUT2D eigenvalue weighted by Crippen LogP contribution is 2.35. The molecule has 12 nitrogen and oxygen atoms in total. The topological polar surface area (TPSA) is 167 Å². The number of aryl methyl sites for hydroxylation is 2. The van der Waals surface area contributed by atoms with E-state index in [1.807, 2.05) is 50.8 Å². The van der Waals surface area contributed by atoms with Crippen molar-refractivity contribution in [3.05, 3.63) is 81.4 Å². The van der Waals surface area contributed by atoms with E-state index in [0.717, 1.165) is 40.8 Å². The molecule has 1 atom stereocenters. The van der Waals surface area contributed by atoms with Crippen molar-refractivity contribution in [3.8, 4) is 6.07 Å². The second-order valence-corrected chi connectivity index (χ2v) is 12.1. The summed E-state index contributed by atoms with van der Waals surface area (Å²) in [5.74, 6) is -0.984. The average Bonchev–Trinajstić information content (AvgIpc) is 2.97. The fraction of sp³-hybridized carbons (Fsp3) is 0.355. The minimum absolute atomic E-state index is 0.0897. The zero-order chi connectivity index (χ0) is 32.4. The van der Waals surface area contributed by atoms with Crippen LogP contribution < -0.4 is 10.2 Å². The summed E-state index contributed by atoms with van der Waals surface area (Å²) in [7, 11) is -3.89. The molecule has 0 heterocycles. The van der Waals surface area contributed by atoms with Gasteiger partial charge in [-0.15, -0.1) is 10.2 Å². The van der Waals surface area contributed by atoms with Crippen LogP contribution in [0.25, 0.3) is 0 Å². The molecule has 0 aliphatic carbocycles. The summed E-state index contributed by atoms with van der Waals surface area (Å²) in [6.45, 7) is 9.35. The molecule has 44 heavy (non-hydrogen) atoms. The molecule has 1 amide bonds. The molecular weight excluding hydrogens is 584 g/mol. The van der Waals surface area contributed by atoms with Crippen molar-refractivity contribution in [2.75, 3.05) is 42.8 Å². The van der Waals surface area contributed by atoms with Crippen LogP contribution in [0.2, 0.25) is 0 Å². The van der Waals surface area contributed by atoms with Crippen LogP contribution in [-0.2, 0) is 19.4 Å². The number of benzene rings is 3. The number of nitrogens with one attached hydrogen (secondary N) is 1. The van der Waals surface area contributed by atoms with Crippen LogP contribution >= 0.6 is 0 Å². The molecule has 0 bridgehead atoms. The standard InChI is InChI=1S/C31H36N6O6S/c1-6-36(16-8-15-32)23-10-13-27(34-35-28-14-11-24(37(39)40)19-30(28)44(5,41)42)29(18-23)33-31(38)26(20-43-7-2)25-12-9-21(3)17-22(25)4/h9-14,17-19,26H,6-8,16,20H2,1-5H3,(H,33,38). The van der Waals surface area contributed by atoms with Gasteiger partial charge in [-0.2, -0.15) is 5.26 Å². The van der Waals surface area contributed by atoms with Crippen molar-refractivity contribution in [2.45, 2.75) is 44.9 Å². The molecule has 0 saturated heterocycles. The number of hydrogen-bond acceptors (Lipinski definition) is 10. The van der Waals surface area contributed by atoms with Crippen molar-refractivity contribution >= 4 is 44.2 Å². The maximum atomic E-state index is 13.8. The second-order valence-electron chi connectivity index (χ2n) is 10.1. The van der Waals surface area contributed by atoms with Gasteiger partial charge >= 0.3 is 0 Å². The van der Waals surface area contributed by atoms with E-state index in [1.54, 1.807) is 18.2 Å². The van der Waals surface area contributed by atoms with E-state index in [1.165, 1.54) is 6.07 Å². The summed E-state index contributed by atoms with van der Waals surface area (Å²) in [6.07, 6.45) is 1.23. The van der Waals surface area contributed by atoms with E-state index in [2.05, 4.69) is 21.6 Å². The van der Waals surface area contributed by atoms with Crippen molar-refractivity contribution < 1.29 is 22.9 Å². The summed E-state index contributed by atoms with van der Waals surface area (Å²) >= 11 is 0. The number of non-ortho nitro benzene ring substituents is 1. The molecule has 1 N–H and O–H groups in total. The zero-order valence-corrected chi connectivity index (χ0v) is 26.2. The molecule has 0 radical (unpaired) electrons. The lowest BCUT2D eigenvalue weighted by atomic mass is 9.93. The quantitative estimate of drug-likeness (QED) is 0.121. The van der Waals surface area contributed by atoms with E-state index in [4.69, 9.17) is 10.00 Å². The third-order valence-electron chi connectivity index (χ3n) is 6.90.